The molecule has 1 heterocycles. The summed E-state index contributed by atoms with van der Waals surface area (Å²) in [6.45, 7) is 1.71. The predicted molar refractivity (Wildman–Crippen MR) is 104 cm³/mol. The Morgan fingerprint density at radius 2 is 1.73 bits per heavy atom. The van der Waals surface area contributed by atoms with E-state index in [4.69, 9.17) is 32.7 Å². The SMILES string of the molecule is COc1cc2c(cc1OC)CN(CC(=O)Nc1c(Cl)cccc1Cl)CC2. The van der Waals surface area contributed by atoms with Crippen molar-refractivity contribution >= 4 is 34.8 Å². The highest BCUT2D eigenvalue weighted by Gasteiger charge is 2.21. The van der Waals surface area contributed by atoms with Gasteiger partial charge in [-0.1, -0.05) is 29.3 Å². The van der Waals surface area contributed by atoms with Gasteiger partial charge in [0.2, 0.25) is 5.91 Å². The highest BCUT2D eigenvalue weighted by Crippen LogP contribution is 2.33. The van der Waals surface area contributed by atoms with Crippen molar-refractivity contribution < 1.29 is 14.3 Å². The van der Waals surface area contributed by atoms with E-state index in [1.54, 1.807) is 32.4 Å². The second kappa shape index (κ2) is 8.16. The summed E-state index contributed by atoms with van der Waals surface area (Å²) in [5.41, 5.74) is 2.80. The molecule has 1 amide bonds. The molecule has 7 heteroatoms. The van der Waals surface area contributed by atoms with Gasteiger partial charge in [-0.3, -0.25) is 9.69 Å². The average molecular weight is 395 g/mol. The van der Waals surface area contributed by atoms with Crippen LogP contribution in [-0.2, 0) is 17.8 Å². The summed E-state index contributed by atoms with van der Waals surface area (Å²) in [6, 6.07) is 9.11. The van der Waals surface area contributed by atoms with E-state index in [-0.39, 0.29) is 12.5 Å². The van der Waals surface area contributed by atoms with Gasteiger partial charge in [-0.25, -0.2) is 0 Å². The molecule has 0 bridgehead atoms. The van der Waals surface area contributed by atoms with Gasteiger partial charge >= 0.3 is 0 Å². The fourth-order valence-corrected chi connectivity index (χ4v) is 3.57. The summed E-state index contributed by atoms with van der Waals surface area (Å²) in [4.78, 5) is 14.5. The minimum atomic E-state index is -0.149. The minimum absolute atomic E-state index is 0.149. The number of nitrogens with one attached hydrogen (secondary N) is 1. The van der Waals surface area contributed by atoms with Gasteiger partial charge in [-0.2, -0.15) is 0 Å². The number of fused-ring (bicyclic) bond motifs is 1. The van der Waals surface area contributed by atoms with Crippen molar-refractivity contribution in [1.82, 2.24) is 4.90 Å². The van der Waals surface area contributed by atoms with E-state index in [2.05, 4.69) is 10.2 Å². The molecule has 3 rings (SSSR count). The van der Waals surface area contributed by atoms with Gasteiger partial charge in [0.1, 0.15) is 0 Å². The lowest BCUT2D eigenvalue weighted by Crippen LogP contribution is -2.37. The van der Waals surface area contributed by atoms with Crippen molar-refractivity contribution in [2.45, 2.75) is 13.0 Å². The Bertz CT molecular complexity index is 806. The van der Waals surface area contributed by atoms with Crippen LogP contribution in [0.5, 0.6) is 11.5 Å². The predicted octanol–water partition coefficient (Wildman–Crippen LogP) is 4.01. The van der Waals surface area contributed by atoms with Gasteiger partial charge in [0.25, 0.3) is 0 Å². The zero-order chi connectivity index (χ0) is 18.7. The van der Waals surface area contributed by atoms with Crippen LogP contribution >= 0.6 is 23.2 Å². The summed E-state index contributed by atoms with van der Waals surface area (Å²) >= 11 is 12.2. The molecular weight excluding hydrogens is 375 g/mol. The Labute approximate surface area is 162 Å². The molecule has 0 radical (unpaired) electrons. The largest absolute Gasteiger partial charge is 0.493 e. The Kier molecular flexibility index (Phi) is 5.91. The first-order valence-electron chi connectivity index (χ1n) is 8.21. The summed E-state index contributed by atoms with van der Waals surface area (Å²) in [7, 11) is 3.25. The number of anilines is 1. The van der Waals surface area contributed by atoms with Crippen molar-refractivity contribution in [3.8, 4) is 11.5 Å². The molecule has 0 spiro atoms. The Morgan fingerprint density at radius 1 is 1.12 bits per heavy atom. The molecule has 0 atom stereocenters. The third-order valence-electron chi connectivity index (χ3n) is 4.39. The van der Waals surface area contributed by atoms with E-state index in [1.807, 2.05) is 12.1 Å². The Hall–Kier alpha value is -1.95. The van der Waals surface area contributed by atoms with Crippen LogP contribution in [0.25, 0.3) is 0 Å². The first-order valence-corrected chi connectivity index (χ1v) is 8.97. The lowest BCUT2D eigenvalue weighted by Gasteiger charge is -2.29. The number of halogens is 2. The summed E-state index contributed by atoms with van der Waals surface area (Å²) in [5, 5.41) is 3.65. The summed E-state index contributed by atoms with van der Waals surface area (Å²) in [6.07, 6.45) is 0.843. The number of carbonyl (C=O) groups excluding carboxylic acids is 1. The maximum absolute atomic E-state index is 12.4. The number of amides is 1. The van der Waals surface area contributed by atoms with E-state index >= 15 is 0 Å². The van der Waals surface area contributed by atoms with E-state index in [1.165, 1.54) is 5.56 Å². The minimum Gasteiger partial charge on any atom is -0.493 e. The maximum Gasteiger partial charge on any atom is 0.238 e. The number of hydrogen-bond donors (Lipinski definition) is 1. The first-order chi connectivity index (χ1) is 12.5. The normalized spacial score (nSPS) is 13.8. The van der Waals surface area contributed by atoms with Crippen molar-refractivity contribution in [3.63, 3.8) is 0 Å². The molecule has 2 aromatic carbocycles. The molecule has 0 unspecified atom stereocenters. The zero-order valence-corrected chi connectivity index (χ0v) is 16.2. The van der Waals surface area contributed by atoms with Crippen molar-refractivity contribution in [3.05, 3.63) is 51.5 Å². The summed E-state index contributed by atoms with van der Waals surface area (Å²) in [5.74, 6) is 1.27. The van der Waals surface area contributed by atoms with Crippen LogP contribution in [0.4, 0.5) is 5.69 Å². The number of nitrogens with zero attached hydrogens (tertiary/aromatic N) is 1. The zero-order valence-electron chi connectivity index (χ0n) is 14.6. The van der Waals surface area contributed by atoms with Crippen LogP contribution in [-0.4, -0.2) is 38.1 Å². The quantitative estimate of drug-likeness (QED) is 0.832. The van der Waals surface area contributed by atoms with Crippen molar-refractivity contribution in [1.29, 1.82) is 0 Å². The number of carbonyl (C=O) groups is 1. The van der Waals surface area contributed by atoms with E-state index < -0.39 is 0 Å². The number of benzene rings is 2. The third-order valence-corrected chi connectivity index (χ3v) is 5.02. The van der Waals surface area contributed by atoms with Gasteiger partial charge < -0.3 is 14.8 Å². The smallest absolute Gasteiger partial charge is 0.238 e. The fraction of sp³-hybridized carbons (Fsp3) is 0.316. The van der Waals surface area contributed by atoms with E-state index in [0.717, 1.165) is 24.3 Å². The molecule has 0 fully saturated rings. The second-order valence-corrected chi connectivity index (χ2v) is 6.90. The van der Waals surface area contributed by atoms with Gasteiger partial charge in [0, 0.05) is 13.1 Å². The first kappa shape index (κ1) is 18.8. The monoisotopic (exact) mass is 394 g/mol. The molecule has 1 aliphatic rings. The Balaban J connectivity index is 1.68. The highest BCUT2D eigenvalue weighted by molar-refractivity contribution is 6.39. The van der Waals surface area contributed by atoms with Crippen molar-refractivity contribution in [2.75, 3.05) is 32.6 Å². The van der Waals surface area contributed by atoms with Gasteiger partial charge in [-0.15, -0.1) is 0 Å². The topological polar surface area (TPSA) is 50.8 Å². The second-order valence-electron chi connectivity index (χ2n) is 6.08. The molecule has 1 N–H and O–H groups in total. The fourth-order valence-electron chi connectivity index (χ4n) is 3.08. The number of ether oxygens (including phenoxy) is 2. The average Bonchev–Trinajstić information content (AvgIpc) is 2.63. The number of methoxy groups -OCH3 is 2. The number of para-hydroxylation sites is 1. The van der Waals surface area contributed by atoms with Crippen LogP contribution in [0.3, 0.4) is 0 Å². The van der Waals surface area contributed by atoms with Crippen molar-refractivity contribution in [2.24, 2.45) is 0 Å². The lowest BCUT2D eigenvalue weighted by atomic mass is 9.99. The van der Waals surface area contributed by atoms with Gasteiger partial charge in [0.05, 0.1) is 36.5 Å². The molecule has 0 saturated heterocycles. The molecule has 2 aromatic rings. The number of hydrogen-bond acceptors (Lipinski definition) is 4. The standard InChI is InChI=1S/C19H20Cl2N2O3/c1-25-16-8-12-6-7-23(10-13(12)9-17(16)26-2)11-18(24)22-19-14(20)4-3-5-15(19)21/h3-5,8-9H,6-7,10-11H2,1-2H3,(H,22,24). The molecule has 138 valence electrons. The van der Waals surface area contributed by atoms with E-state index in [9.17, 15) is 4.79 Å². The third kappa shape index (κ3) is 4.06. The highest BCUT2D eigenvalue weighted by atomic mass is 35.5. The maximum atomic E-state index is 12.4. The molecule has 0 aromatic heterocycles. The van der Waals surface area contributed by atoms with Gasteiger partial charge in [-0.05, 0) is 41.8 Å². The molecule has 26 heavy (non-hydrogen) atoms. The van der Waals surface area contributed by atoms with Crippen LogP contribution in [0.15, 0.2) is 30.3 Å². The lowest BCUT2D eigenvalue weighted by molar-refractivity contribution is -0.117. The van der Waals surface area contributed by atoms with Crippen LogP contribution in [0.2, 0.25) is 10.0 Å². The molecular formula is C19H20Cl2N2O3. The number of rotatable bonds is 5. The molecule has 0 aliphatic carbocycles. The Morgan fingerprint density at radius 3 is 2.35 bits per heavy atom. The summed E-state index contributed by atoms with van der Waals surface area (Å²) < 4.78 is 10.7. The van der Waals surface area contributed by atoms with Crippen LogP contribution < -0.4 is 14.8 Å². The van der Waals surface area contributed by atoms with E-state index in [0.29, 0.717) is 28.0 Å². The van der Waals surface area contributed by atoms with Crippen LogP contribution in [0, 0.1) is 0 Å². The molecule has 0 saturated carbocycles. The van der Waals surface area contributed by atoms with Gasteiger partial charge in [0.15, 0.2) is 11.5 Å². The van der Waals surface area contributed by atoms with Crippen LogP contribution in [0.1, 0.15) is 11.1 Å². The molecule has 1 aliphatic heterocycles. The molecule has 5 nitrogen and oxygen atoms in total.